The molecule has 0 bridgehead atoms. The van der Waals surface area contributed by atoms with Crippen molar-refractivity contribution in [3.05, 3.63) is 58.1 Å². The van der Waals surface area contributed by atoms with E-state index in [4.69, 9.17) is 16.3 Å². The molecule has 30 heavy (non-hydrogen) atoms. The smallest absolute Gasteiger partial charge is 0.337 e. The van der Waals surface area contributed by atoms with Gasteiger partial charge in [0.1, 0.15) is 0 Å². The molecule has 160 valence electrons. The molecule has 0 unspecified atom stereocenters. The number of esters is 1. The number of carbonyl (C=O) groups excluding carboxylic acids is 2. The van der Waals surface area contributed by atoms with Crippen molar-refractivity contribution in [2.75, 3.05) is 12.4 Å². The predicted octanol–water partition coefficient (Wildman–Crippen LogP) is 4.47. The third-order valence-electron chi connectivity index (χ3n) is 5.61. The summed E-state index contributed by atoms with van der Waals surface area (Å²) in [6.45, 7) is 3.54. The standard InChI is InChI=1S/C22H24ClNO5S/c1-14-6-7-15(2)19(12-14)30(27,28)22(10-4-5-11-22)21(26)24-18-13-16(20(25)29-3)8-9-17(18)23/h6-9,12-13H,4-5,10-11H2,1-3H3,(H,24,26). The molecule has 2 aromatic rings. The van der Waals surface area contributed by atoms with E-state index in [1.807, 2.05) is 13.0 Å². The molecule has 0 radical (unpaired) electrons. The minimum Gasteiger partial charge on any atom is -0.465 e. The van der Waals surface area contributed by atoms with Gasteiger partial charge in [0.25, 0.3) is 0 Å². The normalized spacial score (nSPS) is 15.6. The molecule has 0 atom stereocenters. The summed E-state index contributed by atoms with van der Waals surface area (Å²) in [7, 11) is -2.71. The number of rotatable bonds is 5. The first-order valence-corrected chi connectivity index (χ1v) is 11.5. The van der Waals surface area contributed by atoms with Crippen molar-refractivity contribution in [1.29, 1.82) is 0 Å². The summed E-state index contributed by atoms with van der Waals surface area (Å²) >= 11 is 6.20. The fourth-order valence-corrected chi connectivity index (χ4v) is 6.41. The summed E-state index contributed by atoms with van der Waals surface area (Å²) in [5.41, 5.74) is 1.79. The molecule has 0 spiro atoms. The van der Waals surface area contributed by atoms with Gasteiger partial charge in [0, 0.05) is 0 Å². The SMILES string of the molecule is COC(=O)c1ccc(Cl)c(NC(=O)C2(S(=O)(=O)c3cc(C)ccc3C)CCCC2)c1. The number of hydrogen-bond acceptors (Lipinski definition) is 5. The van der Waals surface area contributed by atoms with Crippen LogP contribution in [-0.2, 0) is 19.4 Å². The van der Waals surface area contributed by atoms with Gasteiger partial charge >= 0.3 is 5.97 Å². The highest BCUT2D eigenvalue weighted by molar-refractivity contribution is 7.93. The largest absolute Gasteiger partial charge is 0.465 e. The Hall–Kier alpha value is -2.38. The van der Waals surface area contributed by atoms with E-state index >= 15 is 0 Å². The number of anilines is 1. The fraction of sp³-hybridized carbons (Fsp3) is 0.364. The lowest BCUT2D eigenvalue weighted by Gasteiger charge is -2.28. The van der Waals surface area contributed by atoms with Gasteiger partial charge in [-0.3, -0.25) is 4.79 Å². The van der Waals surface area contributed by atoms with Crippen LogP contribution >= 0.6 is 11.6 Å². The van der Waals surface area contributed by atoms with Gasteiger partial charge in [0.15, 0.2) is 14.6 Å². The minimum atomic E-state index is -3.96. The highest BCUT2D eigenvalue weighted by atomic mass is 35.5. The first-order chi connectivity index (χ1) is 14.1. The van der Waals surface area contributed by atoms with E-state index in [1.165, 1.54) is 25.3 Å². The Morgan fingerprint density at radius 2 is 1.73 bits per heavy atom. The summed E-state index contributed by atoms with van der Waals surface area (Å²) < 4.78 is 30.5. The van der Waals surface area contributed by atoms with Crippen molar-refractivity contribution in [1.82, 2.24) is 0 Å². The zero-order chi connectivity index (χ0) is 22.1. The number of amides is 1. The summed E-state index contributed by atoms with van der Waals surface area (Å²) in [5, 5.41) is 2.87. The molecule has 6 nitrogen and oxygen atoms in total. The Morgan fingerprint density at radius 3 is 2.37 bits per heavy atom. The maximum absolute atomic E-state index is 13.7. The van der Waals surface area contributed by atoms with Crippen LogP contribution in [0.2, 0.25) is 5.02 Å². The summed E-state index contributed by atoms with van der Waals surface area (Å²) in [4.78, 5) is 25.4. The first kappa shape index (κ1) is 22.3. The van der Waals surface area contributed by atoms with Crippen molar-refractivity contribution in [3.63, 3.8) is 0 Å². The molecule has 1 aliphatic carbocycles. The average molecular weight is 450 g/mol. The molecule has 0 aromatic heterocycles. The van der Waals surface area contributed by atoms with Gasteiger partial charge in [-0.05, 0) is 62.1 Å². The second-order valence-electron chi connectivity index (χ2n) is 7.61. The molecule has 2 aromatic carbocycles. The molecule has 0 heterocycles. The van der Waals surface area contributed by atoms with Crippen LogP contribution in [0.3, 0.4) is 0 Å². The molecular formula is C22H24ClNO5S. The second-order valence-corrected chi connectivity index (χ2v) is 10.2. The summed E-state index contributed by atoms with van der Waals surface area (Å²) in [5.74, 6) is -1.22. The second kappa shape index (κ2) is 8.40. The third kappa shape index (κ3) is 3.84. The van der Waals surface area contributed by atoms with E-state index in [0.29, 0.717) is 18.4 Å². The van der Waals surface area contributed by atoms with Crippen LogP contribution in [0.5, 0.6) is 0 Å². The van der Waals surface area contributed by atoms with Crippen molar-refractivity contribution >= 4 is 39.0 Å². The van der Waals surface area contributed by atoms with E-state index in [9.17, 15) is 18.0 Å². The fourth-order valence-electron chi connectivity index (χ4n) is 3.87. The molecule has 1 fully saturated rings. The van der Waals surface area contributed by atoms with Crippen molar-refractivity contribution < 1.29 is 22.7 Å². The number of methoxy groups -OCH3 is 1. The Bertz CT molecular complexity index is 1100. The molecule has 3 rings (SSSR count). The van der Waals surface area contributed by atoms with Crippen LogP contribution in [0.4, 0.5) is 5.69 Å². The van der Waals surface area contributed by atoms with Crippen molar-refractivity contribution in [2.24, 2.45) is 0 Å². The van der Waals surface area contributed by atoms with Gasteiger partial charge in [-0.2, -0.15) is 0 Å². The topological polar surface area (TPSA) is 89.5 Å². The van der Waals surface area contributed by atoms with E-state index in [0.717, 1.165) is 5.56 Å². The molecule has 1 N–H and O–H groups in total. The number of aryl methyl sites for hydroxylation is 2. The molecule has 8 heteroatoms. The lowest BCUT2D eigenvalue weighted by atomic mass is 10.1. The van der Waals surface area contributed by atoms with Crippen LogP contribution in [-0.4, -0.2) is 32.2 Å². The van der Waals surface area contributed by atoms with E-state index < -0.39 is 26.5 Å². The predicted molar refractivity (Wildman–Crippen MR) is 116 cm³/mol. The van der Waals surface area contributed by atoms with Crippen LogP contribution in [0.15, 0.2) is 41.3 Å². The number of halogens is 1. The van der Waals surface area contributed by atoms with E-state index in [1.54, 1.807) is 19.1 Å². The van der Waals surface area contributed by atoms with Crippen LogP contribution < -0.4 is 5.32 Å². The monoisotopic (exact) mass is 449 g/mol. The van der Waals surface area contributed by atoms with Crippen LogP contribution in [0, 0.1) is 13.8 Å². The highest BCUT2D eigenvalue weighted by Crippen LogP contribution is 2.42. The van der Waals surface area contributed by atoms with Gasteiger partial charge < -0.3 is 10.1 Å². The minimum absolute atomic E-state index is 0.173. The van der Waals surface area contributed by atoms with Crippen molar-refractivity contribution in [2.45, 2.75) is 49.2 Å². The quantitative estimate of drug-likeness (QED) is 0.680. The Morgan fingerprint density at radius 1 is 1.07 bits per heavy atom. The number of sulfone groups is 1. The number of nitrogens with one attached hydrogen (secondary N) is 1. The Balaban J connectivity index is 2.04. The van der Waals surface area contributed by atoms with Crippen LogP contribution in [0.25, 0.3) is 0 Å². The van der Waals surface area contributed by atoms with E-state index in [2.05, 4.69) is 5.32 Å². The molecule has 1 saturated carbocycles. The highest BCUT2D eigenvalue weighted by Gasteiger charge is 2.53. The number of carbonyl (C=O) groups is 2. The number of ether oxygens (including phenoxy) is 1. The molecule has 1 aliphatic rings. The van der Waals surface area contributed by atoms with Gasteiger partial charge in [-0.15, -0.1) is 0 Å². The lowest BCUT2D eigenvalue weighted by molar-refractivity contribution is -0.118. The molecule has 0 aliphatic heterocycles. The maximum atomic E-state index is 13.7. The molecular weight excluding hydrogens is 426 g/mol. The van der Waals surface area contributed by atoms with Gasteiger partial charge in [-0.25, -0.2) is 13.2 Å². The van der Waals surface area contributed by atoms with Gasteiger partial charge in [0.05, 0.1) is 28.3 Å². The lowest BCUT2D eigenvalue weighted by Crippen LogP contribution is -2.47. The molecule has 1 amide bonds. The summed E-state index contributed by atoms with van der Waals surface area (Å²) in [6.07, 6.45) is 1.71. The Kier molecular flexibility index (Phi) is 6.24. The average Bonchev–Trinajstić information content (AvgIpc) is 3.22. The van der Waals surface area contributed by atoms with Crippen LogP contribution in [0.1, 0.15) is 47.2 Å². The summed E-state index contributed by atoms with van der Waals surface area (Å²) in [6, 6.07) is 9.53. The van der Waals surface area contributed by atoms with E-state index in [-0.39, 0.29) is 34.0 Å². The van der Waals surface area contributed by atoms with Crippen molar-refractivity contribution in [3.8, 4) is 0 Å². The zero-order valence-corrected chi connectivity index (χ0v) is 18.7. The number of hydrogen-bond donors (Lipinski definition) is 1. The Labute approximate surface area is 181 Å². The maximum Gasteiger partial charge on any atom is 0.337 e. The zero-order valence-electron chi connectivity index (χ0n) is 17.1. The first-order valence-electron chi connectivity index (χ1n) is 9.63. The van der Waals surface area contributed by atoms with Gasteiger partial charge in [0.2, 0.25) is 5.91 Å². The van der Waals surface area contributed by atoms with Gasteiger partial charge in [-0.1, -0.05) is 36.6 Å². The molecule has 0 saturated heterocycles. The number of benzene rings is 2. The third-order valence-corrected chi connectivity index (χ3v) is 8.58.